The number of hydrogen-bond donors (Lipinski definition) is 0. The summed E-state index contributed by atoms with van der Waals surface area (Å²) >= 11 is 0. The molecule has 253 valence electrons. The Bertz CT molecular complexity index is 1600. The molecular formula is C34H32BF10Si2Zr. The Morgan fingerprint density at radius 1 is 0.625 bits per heavy atom. The molecule has 14 heteroatoms. The molecule has 0 aliphatic heterocycles. The SMILES string of the molecule is CC(=[C-][Si](C)(C)C)C(C)=C[Si](C)(C)C.[B]=C1C=CC(c2c(F)c(F)c(F)c(F)c2F)=C1c1c(F)c(F)c(F)c(F)c1F.[Zr+2].c1cc[cH-]c1. The molecule has 0 fully saturated rings. The van der Waals surface area contributed by atoms with E-state index in [1.807, 2.05) is 30.3 Å². The standard InChI is InChI=1S/C17H2BF10.C12H25Si2.C5H5.Zr/c18-4-2-1-3(6-8(19)12(23)16(27)13(24)9(6)20)5(4)7-10(21)14(25)17(28)15(26)11(7)22;1-11(9-13(3,4)5)12(2)10-14(6,7)8;1-2-4-5-3-1;/h1-2H;9H,1-8H3;1-5H;/q;2*-1;+2. The zero-order valence-corrected chi connectivity index (χ0v) is 31.9. The van der Waals surface area contributed by atoms with E-state index in [4.69, 9.17) is 7.49 Å². The number of allylic oxidation sites excluding steroid dienone is 6. The first kappa shape index (κ1) is 43.3. The van der Waals surface area contributed by atoms with Gasteiger partial charge in [0, 0.05) is 0 Å². The molecule has 0 saturated carbocycles. The van der Waals surface area contributed by atoms with Crippen molar-refractivity contribution in [2.75, 3.05) is 0 Å². The summed E-state index contributed by atoms with van der Waals surface area (Å²) in [4.78, 5) is 0. The molecule has 0 amide bonds. The number of benzene rings is 2. The van der Waals surface area contributed by atoms with Crippen molar-refractivity contribution < 1.29 is 70.1 Å². The minimum absolute atomic E-state index is 0. The second-order valence-electron chi connectivity index (χ2n) is 12.6. The van der Waals surface area contributed by atoms with Crippen molar-refractivity contribution in [1.82, 2.24) is 0 Å². The molecule has 0 nitrogen and oxygen atoms in total. The van der Waals surface area contributed by atoms with Gasteiger partial charge in [0.2, 0.25) is 0 Å². The first-order chi connectivity index (χ1) is 21.5. The summed E-state index contributed by atoms with van der Waals surface area (Å²) in [6, 6.07) is 10.0. The Balaban J connectivity index is 0.000000480. The fourth-order valence-corrected chi connectivity index (χ4v) is 7.23. The van der Waals surface area contributed by atoms with Crippen molar-refractivity contribution in [2.45, 2.75) is 53.1 Å². The van der Waals surface area contributed by atoms with Gasteiger partial charge in [-0.3, -0.25) is 5.70 Å². The van der Waals surface area contributed by atoms with Gasteiger partial charge in [-0.25, -0.2) is 23.3 Å². The maximum absolute atomic E-state index is 14.1. The van der Waals surface area contributed by atoms with E-state index >= 15 is 0 Å². The van der Waals surface area contributed by atoms with Gasteiger partial charge in [0.25, 0.3) is 0 Å². The van der Waals surface area contributed by atoms with E-state index in [9.17, 15) is 43.9 Å². The van der Waals surface area contributed by atoms with Crippen LogP contribution < -0.4 is 0 Å². The first-order valence-electron chi connectivity index (χ1n) is 14.1. The summed E-state index contributed by atoms with van der Waals surface area (Å²) in [6.45, 7) is 18.5. The zero-order valence-electron chi connectivity index (χ0n) is 27.5. The van der Waals surface area contributed by atoms with Crippen molar-refractivity contribution in [3.8, 4) is 0 Å². The smallest absolute Gasteiger partial charge is 0.214 e. The topological polar surface area (TPSA) is 0 Å². The molecule has 1 aliphatic rings. The van der Waals surface area contributed by atoms with Crippen LogP contribution in [0.2, 0.25) is 39.3 Å². The van der Waals surface area contributed by atoms with Crippen LogP contribution in [0.3, 0.4) is 0 Å². The Morgan fingerprint density at radius 3 is 1.33 bits per heavy atom. The van der Waals surface area contributed by atoms with E-state index in [1.54, 1.807) is 0 Å². The molecule has 0 unspecified atom stereocenters. The van der Waals surface area contributed by atoms with Gasteiger partial charge in [0.05, 0.1) is 8.07 Å². The van der Waals surface area contributed by atoms with Gasteiger partial charge in [-0.15, -0.1) is 6.92 Å². The molecule has 3 aromatic rings. The van der Waals surface area contributed by atoms with Crippen LogP contribution in [0.1, 0.15) is 25.0 Å². The Labute approximate surface area is 296 Å². The predicted octanol–water partition coefficient (Wildman–Crippen LogP) is 10.7. The Kier molecular flexibility index (Phi) is 15.6. The van der Waals surface area contributed by atoms with Crippen LogP contribution in [-0.2, 0) is 26.2 Å². The van der Waals surface area contributed by atoms with Crippen LogP contribution in [0, 0.1) is 63.9 Å². The van der Waals surface area contributed by atoms with Crippen LogP contribution in [-0.4, -0.2) is 29.1 Å². The molecule has 4 rings (SSSR count). The molecule has 0 bridgehead atoms. The van der Waals surface area contributed by atoms with Crippen LogP contribution in [0.25, 0.3) is 11.1 Å². The summed E-state index contributed by atoms with van der Waals surface area (Å²) in [6.07, 6.45) is 1.35. The molecule has 3 aromatic carbocycles. The monoisotopic (exact) mass is 787 g/mol. The minimum Gasteiger partial charge on any atom is -0.214 e. The van der Waals surface area contributed by atoms with Crippen molar-refractivity contribution in [2.24, 2.45) is 0 Å². The van der Waals surface area contributed by atoms with Gasteiger partial charge in [0.1, 0.15) is 0 Å². The van der Waals surface area contributed by atoms with E-state index < -0.39 is 102 Å². The summed E-state index contributed by atoms with van der Waals surface area (Å²) in [5, 5.41) is 0. The van der Waals surface area contributed by atoms with Crippen LogP contribution in [0.15, 0.2) is 59.3 Å². The van der Waals surface area contributed by atoms with Gasteiger partial charge in [-0.1, -0.05) is 46.2 Å². The number of halogens is 10. The third-order valence-corrected chi connectivity index (χ3v) is 8.71. The maximum atomic E-state index is 14.1. The normalized spacial score (nSPS) is 13.6. The second-order valence-corrected chi connectivity index (χ2v) is 22.4. The van der Waals surface area contributed by atoms with E-state index in [2.05, 4.69) is 64.5 Å². The largest absolute Gasteiger partial charge is 2.00 e. The first-order valence-corrected chi connectivity index (χ1v) is 21.2. The molecule has 1 radical (unpaired) electrons. The Hall–Kier alpha value is -2.70. The van der Waals surface area contributed by atoms with Gasteiger partial charge in [-0.05, 0) is 8.07 Å². The van der Waals surface area contributed by atoms with Gasteiger partial charge >= 0.3 is 176 Å². The third-order valence-electron chi connectivity index (χ3n) is 6.29. The van der Waals surface area contributed by atoms with Crippen LogP contribution in [0.5, 0.6) is 0 Å². The molecule has 0 heterocycles. The average molecular weight is 789 g/mol. The average Bonchev–Trinajstić information content (AvgIpc) is 3.66. The molecule has 0 spiro atoms. The van der Waals surface area contributed by atoms with Gasteiger partial charge in [0.15, 0.2) is 0 Å². The summed E-state index contributed by atoms with van der Waals surface area (Å²) in [5.74, 6) is -24.1. The molecule has 0 aromatic heterocycles. The predicted molar refractivity (Wildman–Crippen MR) is 174 cm³/mol. The van der Waals surface area contributed by atoms with E-state index in [1.165, 1.54) is 11.1 Å². The summed E-state index contributed by atoms with van der Waals surface area (Å²) in [5.41, 5.74) is 2.67. The minimum atomic E-state index is -2.51. The number of hydrogen-bond acceptors (Lipinski definition) is 0. The molecule has 1 aliphatic carbocycles. The summed E-state index contributed by atoms with van der Waals surface area (Å²) in [7, 11) is 3.18. The molecule has 0 saturated heterocycles. The maximum Gasteiger partial charge on any atom is 2.00 e. The van der Waals surface area contributed by atoms with Crippen molar-refractivity contribution in [1.29, 1.82) is 0 Å². The number of rotatable bonds is 5. The van der Waals surface area contributed by atoms with Crippen molar-refractivity contribution in [3.05, 3.63) is 134 Å². The third kappa shape index (κ3) is 10.6. The molecule has 0 N–H and O–H groups in total. The summed E-state index contributed by atoms with van der Waals surface area (Å²) < 4.78 is 137. The van der Waals surface area contributed by atoms with Crippen molar-refractivity contribution >= 4 is 40.2 Å². The molecular weight excluding hydrogens is 757 g/mol. The zero-order chi connectivity index (χ0) is 36.2. The fourth-order valence-electron chi connectivity index (χ4n) is 4.39. The van der Waals surface area contributed by atoms with Gasteiger partial charge < -0.3 is 0 Å². The van der Waals surface area contributed by atoms with Crippen LogP contribution >= 0.6 is 0 Å². The fraction of sp³-hybridized carbons (Fsp3) is 0.235. The van der Waals surface area contributed by atoms with Crippen molar-refractivity contribution in [3.63, 3.8) is 0 Å². The Morgan fingerprint density at radius 2 is 1.00 bits per heavy atom. The molecule has 0 atom stereocenters. The second kappa shape index (κ2) is 17.3. The van der Waals surface area contributed by atoms with E-state index in [0.29, 0.717) is 6.08 Å². The molecule has 48 heavy (non-hydrogen) atoms. The quantitative estimate of drug-likeness (QED) is 0.0603. The van der Waals surface area contributed by atoms with Crippen LogP contribution in [0.4, 0.5) is 43.9 Å². The van der Waals surface area contributed by atoms with E-state index in [0.717, 1.165) is 6.08 Å². The van der Waals surface area contributed by atoms with E-state index in [-0.39, 0.29) is 26.2 Å². The van der Waals surface area contributed by atoms with Gasteiger partial charge in [-0.2, -0.15) is 23.9 Å².